The minimum Gasteiger partial charge on any atom is -0.479 e. The Bertz CT molecular complexity index is 575. The molecule has 106 valence electrons. The highest BCUT2D eigenvalue weighted by Gasteiger charge is 2.11. The summed E-state index contributed by atoms with van der Waals surface area (Å²) in [7, 11) is 1.54. The van der Waals surface area contributed by atoms with Gasteiger partial charge in [0.1, 0.15) is 11.5 Å². The molecule has 1 N–H and O–H groups in total. The Hall–Kier alpha value is -2.01. The van der Waals surface area contributed by atoms with Crippen molar-refractivity contribution >= 4 is 0 Å². The van der Waals surface area contributed by atoms with Crippen LogP contribution in [0.3, 0.4) is 0 Å². The van der Waals surface area contributed by atoms with Gasteiger partial charge in [0.25, 0.3) is 0 Å². The van der Waals surface area contributed by atoms with Gasteiger partial charge in [0, 0.05) is 30.1 Å². The Morgan fingerprint density at radius 1 is 1.25 bits per heavy atom. The van der Waals surface area contributed by atoms with Gasteiger partial charge in [0.2, 0.25) is 5.88 Å². The maximum Gasteiger partial charge on any atom is 0.240 e. The van der Waals surface area contributed by atoms with Crippen LogP contribution in [0, 0.1) is 5.82 Å². The number of nitrogens with one attached hydrogen (secondary N) is 1. The number of rotatable bonds is 6. The van der Waals surface area contributed by atoms with Crippen LogP contribution < -0.4 is 10.1 Å². The lowest BCUT2D eigenvalue weighted by molar-refractivity contribution is 0.397. The minimum atomic E-state index is -0.222. The maximum absolute atomic E-state index is 13.8. The zero-order valence-corrected chi connectivity index (χ0v) is 11.7. The van der Waals surface area contributed by atoms with E-state index in [2.05, 4.69) is 22.2 Å². The average Bonchev–Trinajstić information content (AvgIpc) is 2.49. The zero-order chi connectivity index (χ0) is 14.4. The molecule has 4 nitrogen and oxygen atoms in total. The number of methoxy groups -OCH3 is 1. The lowest BCUT2D eigenvalue weighted by Gasteiger charge is -2.09. The van der Waals surface area contributed by atoms with Crippen molar-refractivity contribution < 1.29 is 9.13 Å². The van der Waals surface area contributed by atoms with E-state index in [1.807, 2.05) is 0 Å². The lowest BCUT2D eigenvalue weighted by atomic mass is 10.1. The van der Waals surface area contributed by atoms with Gasteiger partial charge >= 0.3 is 0 Å². The zero-order valence-electron chi connectivity index (χ0n) is 11.7. The fraction of sp³-hybridized carbons (Fsp3) is 0.333. The van der Waals surface area contributed by atoms with Gasteiger partial charge in [-0.15, -0.1) is 0 Å². The summed E-state index contributed by atoms with van der Waals surface area (Å²) in [6, 6.07) is 4.92. The van der Waals surface area contributed by atoms with E-state index < -0.39 is 0 Å². The molecule has 2 aromatic rings. The van der Waals surface area contributed by atoms with Crippen LogP contribution >= 0.6 is 0 Å². The molecule has 0 radical (unpaired) electrons. The number of hydrogen-bond donors (Lipinski definition) is 1. The van der Waals surface area contributed by atoms with Crippen LogP contribution in [0.4, 0.5) is 4.39 Å². The van der Waals surface area contributed by atoms with Crippen molar-refractivity contribution in [2.24, 2.45) is 0 Å². The molecule has 0 spiro atoms. The van der Waals surface area contributed by atoms with Crippen LogP contribution in [0.2, 0.25) is 0 Å². The third kappa shape index (κ3) is 3.30. The largest absolute Gasteiger partial charge is 0.479 e. The molecule has 20 heavy (non-hydrogen) atoms. The van der Waals surface area contributed by atoms with Crippen molar-refractivity contribution in [3.63, 3.8) is 0 Å². The van der Waals surface area contributed by atoms with Crippen molar-refractivity contribution in [2.45, 2.75) is 19.9 Å². The summed E-state index contributed by atoms with van der Waals surface area (Å²) in [5.41, 5.74) is 2.03. The molecule has 0 aliphatic rings. The van der Waals surface area contributed by atoms with Gasteiger partial charge in [-0.25, -0.2) is 14.4 Å². The van der Waals surface area contributed by atoms with Crippen molar-refractivity contribution in [1.29, 1.82) is 0 Å². The molecule has 1 aromatic heterocycles. The van der Waals surface area contributed by atoms with E-state index in [9.17, 15) is 4.39 Å². The molecule has 0 atom stereocenters. The SMILES string of the molecule is CCCNCc1cc(-c2nccnc2OC)ccc1F. The van der Waals surface area contributed by atoms with E-state index in [0.717, 1.165) is 18.5 Å². The van der Waals surface area contributed by atoms with E-state index in [1.165, 1.54) is 6.07 Å². The first-order valence-corrected chi connectivity index (χ1v) is 6.60. The lowest BCUT2D eigenvalue weighted by Crippen LogP contribution is -2.14. The quantitative estimate of drug-likeness (QED) is 0.823. The molecular weight excluding hydrogens is 257 g/mol. The van der Waals surface area contributed by atoms with Gasteiger partial charge in [-0.3, -0.25) is 0 Å². The number of aromatic nitrogens is 2. The van der Waals surface area contributed by atoms with Crippen LogP contribution in [0.15, 0.2) is 30.6 Å². The second-order valence-electron chi connectivity index (χ2n) is 4.40. The van der Waals surface area contributed by atoms with E-state index in [-0.39, 0.29) is 5.82 Å². The first-order valence-electron chi connectivity index (χ1n) is 6.60. The minimum absolute atomic E-state index is 0.222. The molecule has 0 aliphatic heterocycles. The molecular formula is C15H18FN3O. The second-order valence-corrected chi connectivity index (χ2v) is 4.40. The average molecular weight is 275 g/mol. The van der Waals surface area contributed by atoms with E-state index in [1.54, 1.807) is 31.6 Å². The van der Waals surface area contributed by atoms with Gasteiger partial charge in [-0.1, -0.05) is 6.92 Å². The van der Waals surface area contributed by atoms with Gasteiger partial charge in [0.15, 0.2) is 0 Å². The molecule has 1 aromatic carbocycles. The van der Waals surface area contributed by atoms with Crippen LogP contribution in [0.25, 0.3) is 11.3 Å². The number of benzene rings is 1. The summed E-state index contributed by atoms with van der Waals surface area (Å²) < 4.78 is 19.0. The second kappa shape index (κ2) is 6.96. The Balaban J connectivity index is 2.30. The van der Waals surface area contributed by atoms with Crippen molar-refractivity contribution in [1.82, 2.24) is 15.3 Å². The summed E-state index contributed by atoms with van der Waals surface area (Å²) in [4.78, 5) is 8.36. The third-order valence-corrected chi connectivity index (χ3v) is 2.92. The number of ether oxygens (including phenoxy) is 1. The van der Waals surface area contributed by atoms with Crippen LogP contribution in [0.5, 0.6) is 5.88 Å². The predicted molar refractivity (Wildman–Crippen MR) is 76.0 cm³/mol. The van der Waals surface area contributed by atoms with Gasteiger partial charge in [-0.2, -0.15) is 0 Å². The Morgan fingerprint density at radius 2 is 2.05 bits per heavy atom. The first kappa shape index (κ1) is 14.4. The van der Waals surface area contributed by atoms with E-state index in [0.29, 0.717) is 23.7 Å². The first-order chi connectivity index (χ1) is 9.76. The fourth-order valence-electron chi connectivity index (χ4n) is 1.93. The number of hydrogen-bond acceptors (Lipinski definition) is 4. The summed E-state index contributed by atoms with van der Waals surface area (Å²) in [5, 5.41) is 3.19. The van der Waals surface area contributed by atoms with Crippen molar-refractivity contribution in [2.75, 3.05) is 13.7 Å². The predicted octanol–water partition coefficient (Wildman–Crippen LogP) is 2.79. The van der Waals surface area contributed by atoms with Crippen molar-refractivity contribution in [3.05, 3.63) is 42.0 Å². The fourth-order valence-corrected chi connectivity index (χ4v) is 1.93. The molecule has 5 heteroatoms. The maximum atomic E-state index is 13.8. The van der Waals surface area contributed by atoms with Crippen LogP contribution in [-0.4, -0.2) is 23.6 Å². The number of halogens is 1. The Labute approximate surface area is 118 Å². The summed E-state index contributed by atoms with van der Waals surface area (Å²) in [6.07, 6.45) is 4.17. The number of nitrogens with zero attached hydrogens (tertiary/aromatic N) is 2. The molecule has 0 fully saturated rings. The molecule has 0 bridgehead atoms. The van der Waals surface area contributed by atoms with Gasteiger partial charge < -0.3 is 10.1 Å². The van der Waals surface area contributed by atoms with E-state index >= 15 is 0 Å². The third-order valence-electron chi connectivity index (χ3n) is 2.92. The summed E-state index contributed by atoms with van der Waals surface area (Å²) in [6.45, 7) is 3.43. The molecule has 0 aliphatic carbocycles. The molecule has 1 heterocycles. The van der Waals surface area contributed by atoms with Crippen molar-refractivity contribution in [3.8, 4) is 17.1 Å². The summed E-state index contributed by atoms with van der Waals surface area (Å²) in [5.74, 6) is 0.215. The van der Waals surface area contributed by atoms with Crippen LogP contribution in [0.1, 0.15) is 18.9 Å². The van der Waals surface area contributed by atoms with Gasteiger partial charge in [-0.05, 0) is 31.2 Å². The molecule has 2 rings (SSSR count). The highest BCUT2D eigenvalue weighted by atomic mass is 19.1. The molecule has 0 saturated carbocycles. The normalized spacial score (nSPS) is 10.6. The smallest absolute Gasteiger partial charge is 0.240 e. The Kier molecular flexibility index (Phi) is 5.01. The highest BCUT2D eigenvalue weighted by Crippen LogP contribution is 2.26. The van der Waals surface area contributed by atoms with Gasteiger partial charge in [0.05, 0.1) is 7.11 Å². The monoisotopic (exact) mass is 275 g/mol. The van der Waals surface area contributed by atoms with E-state index in [4.69, 9.17) is 4.74 Å². The topological polar surface area (TPSA) is 47.0 Å². The molecule has 0 unspecified atom stereocenters. The molecule has 0 amide bonds. The standard InChI is InChI=1S/C15H18FN3O/c1-3-6-17-10-12-9-11(4-5-13(12)16)14-15(20-2)19-8-7-18-14/h4-5,7-9,17H,3,6,10H2,1-2H3. The Morgan fingerprint density at radius 3 is 2.80 bits per heavy atom. The highest BCUT2D eigenvalue weighted by molar-refractivity contribution is 5.64. The van der Waals surface area contributed by atoms with Crippen LogP contribution in [-0.2, 0) is 6.54 Å². The molecule has 0 saturated heterocycles. The summed E-state index contributed by atoms with van der Waals surface area (Å²) >= 11 is 0.